The van der Waals surface area contributed by atoms with Crippen LogP contribution in [0.1, 0.15) is 64.6 Å². The van der Waals surface area contributed by atoms with Gasteiger partial charge in [0.15, 0.2) is 5.82 Å². The lowest BCUT2D eigenvalue weighted by Crippen LogP contribution is -2.15. The third-order valence-corrected chi connectivity index (χ3v) is 3.75. The molecule has 2 unspecified atom stereocenters. The molecule has 1 heterocycles. The highest BCUT2D eigenvalue weighted by atomic mass is 16.5. The Hall–Kier alpha value is -0.900. The second-order valence-electron chi connectivity index (χ2n) is 5.48. The van der Waals surface area contributed by atoms with Crippen LogP contribution in [0.3, 0.4) is 0 Å². The van der Waals surface area contributed by atoms with Crippen molar-refractivity contribution >= 4 is 0 Å². The Morgan fingerprint density at radius 2 is 1.94 bits per heavy atom. The van der Waals surface area contributed by atoms with Crippen LogP contribution >= 0.6 is 0 Å². The summed E-state index contributed by atoms with van der Waals surface area (Å²) in [6.07, 6.45) is 4.06. The molecular weight excluding hydrogens is 226 g/mol. The molecule has 0 saturated carbocycles. The van der Waals surface area contributed by atoms with Crippen LogP contribution in [0.15, 0.2) is 4.52 Å². The molecule has 0 fully saturated rings. The number of hydrogen-bond acceptors (Lipinski definition) is 4. The third-order valence-electron chi connectivity index (χ3n) is 3.75. The van der Waals surface area contributed by atoms with Gasteiger partial charge < -0.3 is 10.3 Å². The third kappa shape index (κ3) is 4.41. The zero-order chi connectivity index (χ0) is 13.5. The zero-order valence-corrected chi connectivity index (χ0v) is 12.1. The van der Waals surface area contributed by atoms with Crippen LogP contribution in [0.25, 0.3) is 0 Å². The summed E-state index contributed by atoms with van der Waals surface area (Å²) in [5.74, 6) is 3.30. The van der Waals surface area contributed by atoms with E-state index in [2.05, 4.69) is 37.8 Å². The van der Waals surface area contributed by atoms with Crippen LogP contribution in [0.4, 0.5) is 0 Å². The predicted molar refractivity (Wildman–Crippen MR) is 73.3 cm³/mol. The first-order chi connectivity index (χ1) is 8.58. The van der Waals surface area contributed by atoms with Crippen molar-refractivity contribution in [1.29, 1.82) is 0 Å². The molecule has 0 aliphatic rings. The number of nitrogens with zero attached hydrogens (tertiary/aromatic N) is 2. The first-order valence-electron chi connectivity index (χ1n) is 7.11. The summed E-state index contributed by atoms with van der Waals surface area (Å²) in [6.45, 7) is 9.51. The van der Waals surface area contributed by atoms with E-state index < -0.39 is 0 Å². The van der Waals surface area contributed by atoms with Gasteiger partial charge in [-0.2, -0.15) is 4.98 Å². The molecule has 104 valence electrons. The van der Waals surface area contributed by atoms with E-state index in [0.29, 0.717) is 17.8 Å². The van der Waals surface area contributed by atoms with E-state index in [1.165, 1.54) is 0 Å². The Morgan fingerprint density at radius 3 is 2.50 bits per heavy atom. The van der Waals surface area contributed by atoms with Crippen molar-refractivity contribution in [3.05, 3.63) is 11.7 Å². The van der Waals surface area contributed by atoms with Crippen LogP contribution < -0.4 is 5.73 Å². The van der Waals surface area contributed by atoms with Crippen molar-refractivity contribution in [1.82, 2.24) is 10.1 Å². The minimum Gasteiger partial charge on any atom is -0.339 e. The molecule has 18 heavy (non-hydrogen) atoms. The minimum atomic E-state index is 0.382. The van der Waals surface area contributed by atoms with Crippen molar-refractivity contribution < 1.29 is 4.52 Å². The molecule has 0 spiro atoms. The Kier molecular flexibility index (Phi) is 6.33. The fourth-order valence-corrected chi connectivity index (χ4v) is 2.09. The molecule has 2 atom stereocenters. The molecule has 0 aliphatic carbocycles. The number of hydrogen-bond donors (Lipinski definition) is 1. The van der Waals surface area contributed by atoms with Crippen molar-refractivity contribution in [2.45, 2.75) is 59.3 Å². The number of nitrogens with two attached hydrogens (primary N) is 1. The lowest BCUT2D eigenvalue weighted by atomic mass is 9.88. The fraction of sp³-hybridized carbons (Fsp3) is 0.857. The number of aromatic nitrogens is 2. The quantitative estimate of drug-likeness (QED) is 0.773. The topological polar surface area (TPSA) is 64.9 Å². The molecule has 4 nitrogen and oxygen atoms in total. The van der Waals surface area contributed by atoms with Crippen LogP contribution in [-0.2, 0) is 6.42 Å². The van der Waals surface area contributed by atoms with Crippen molar-refractivity contribution in [2.24, 2.45) is 17.6 Å². The van der Waals surface area contributed by atoms with Gasteiger partial charge in [-0.25, -0.2) is 0 Å². The van der Waals surface area contributed by atoms with E-state index in [0.717, 1.165) is 43.9 Å². The van der Waals surface area contributed by atoms with Gasteiger partial charge in [0, 0.05) is 12.3 Å². The summed E-state index contributed by atoms with van der Waals surface area (Å²) in [7, 11) is 0. The summed E-state index contributed by atoms with van der Waals surface area (Å²) in [4.78, 5) is 4.46. The minimum absolute atomic E-state index is 0.382. The first-order valence-corrected chi connectivity index (χ1v) is 7.11. The SMILES string of the molecule is CCC(C)c1noc(CCC(CCN)C(C)C)n1. The maximum absolute atomic E-state index is 5.65. The van der Waals surface area contributed by atoms with Crippen molar-refractivity contribution in [3.63, 3.8) is 0 Å². The Morgan fingerprint density at radius 1 is 1.22 bits per heavy atom. The molecule has 1 aromatic heterocycles. The van der Waals surface area contributed by atoms with E-state index in [9.17, 15) is 0 Å². The molecule has 1 aromatic rings. The number of aryl methyl sites for hydroxylation is 1. The highest BCUT2D eigenvalue weighted by molar-refractivity contribution is 4.93. The van der Waals surface area contributed by atoms with Crippen molar-refractivity contribution in [2.75, 3.05) is 6.54 Å². The van der Waals surface area contributed by atoms with Gasteiger partial charge in [0.05, 0.1) is 0 Å². The number of rotatable bonds is 8. The van der Waals surface area contributed by atoms with E-state index in [1.807, 2.05) is 0 Å². The standard InChI is InChI=1S/C14H27N3O/c1-5-11(4)14-16-13(18-17-14)7-6-12(8-9-15)10(2)3/h10-12H,5-9,15H2,1-4H3. The van der Waals surface area contributed by atoms with Crippen LogP contribution in [-0.4, -0.2) is 16.7 Å². The smallest absolute Gasteiger partial charge is 0.226 e. The van der Waals surface area contributed by atoms with E-state index in [-0.39, 0.29) is 0 Å². The van der Waals surface area contributed by atoms with Gasteiger partial charge in [0.2, 0.25) is 5.89 Å². The van der Waals surface area contributed by atoms with Gasteiger partial charge in [-0.15, -0.1) is 0 Å². The highest BCUT2D eigenvalue weighted by Crippen LogP contribution is 2.21. The second-order valence-corrected chi connectivity index (χ2v) is 5.48. The largest absolute Gasteiger partial charge is 0.339 e. The predicted octanol–water partition coefficient (Wildman–Crippen LogP) is 3.14. The van der Waals surface area contributed by atoms with Crippen LogP contribution in [0.5, 0.6) is 0 Å². The molecule has 0 bridgehead atoms. The molecule has 0 amide bonds. The summed E-state index contributed by atoms with van der Waals surface area (Å²) >= 11 is 0. The van der Waals surface area contributed by atoms with Gasteiger partial charge in [-0.05, 0) is 37.6 Å². The molecule has 0 radical (unpaired) electrons. The molecular formula is C14H27N3O. The van der Waals surface area contributed by atoms with Crippen LogP contribution in [0, 0.1) is 11.8 Å². The summed E-state index contributed by atoms with van der Waals surface area (Å²) in [6, 6.07) is 0. The fourth-order valence-electron chi connectivity index (χ4n) is 2.09. The molecule has 0 aliphatic heterocycles. The van der Waals surface area contributed by atoms with Gasteiger partial charge >= 0.3 is 0 Å². The maximum atomic E-state index is 5.65. The maximum Gasteiger partial charge on any atom is 0.226 e. The van der Waals surface area contributed by atoms with Crippen molar-refractivity contribution in [3.8, 4) is 0 Å². The Balaban J connectivity index is 2.49. The lowest BCUT2D eigenvalue weighted by Gasteiger charge is -2.18. The first kappa shape index (κ1) is 15.2. The van der Waals surface area contributed by atoms with Gasteiger partial charge in [-0.1, -0.05) is 32.9 Å². The van der Waals surface area contributed by atoms with Crippen LogP contribution in [0.2, 0.25) is 0 Å². The van der Waals surface area contributed by atoms with E-state index >= 15 is 0 Å². The molecule has 1 rings (SSSR count). The molecule has 0 saturated heterocycles. The van der Waals surface area contributed by atoms with E-state index in [1.54, 1.807) is 0 Å². The van der Waals surface area contributed by atoms with Gasteiger partial charge in [-0.3, -0.25) is 0 Å². The monoisotopic (exact) mass is 253 g/mol. The highest BCUT2D eigenvalue weighted by Gasteiger charge is 2.16. The Labute approximate surface area is 110 Å². The van der Waals surface area contributed by atoms with Gasteiger partial charge in [0.1, 0.15) is 0 Å². The Bertz CT molecular complexity index is 336. The lowest BCUT2D eigenvalue weighted by molar-refractivity contribution is 0.312. The molecule has 4 heteroatoms. The molecule has 2 N–H and O–H groups in total. The average Bonchev–Trinajstić information content (AvgIpc) is 2.81. The van der Waals surface area contributed by atoms with E-state index in [4.69, 9.17) is 10.3 Å². The zero-order valence-electron chi connectivity index (χ0n) is 12.1. The average molecular weight is 253 g/mol. The summed E-state index contributed by atoms with van der Waals surface area (Å²) < 4.78 is 5.30. The summed E-state index contributed by atoms with van der Waals surface area (Å²) in [5, 5.41) is 4.04. The second kappa shape index (κ2) is 7.52. The normalized spacial score (nSPS) is 15.0. The summed E-state index contributed by atoms with van der Waals surface area (Å²) in [5.41, 5.74) is 5.65. The van der Waals surface area contributed by atoms with Gasteiger partial charge in [0.25, 0.3) is 0 Å². The molecule has 0 aromatic carbocycles.